The lowest BCUT2D eigenvalue weighted by atomic mass is 10.0. The maximum absolute atomic E-state index is 14.0. The smallest absolute Gasteiger partial charge is 0.250 e. The van der Waals surface area contributed by atoms with E-state index in [2.05, 4.69) is 42.4 Å². The Morgan fingerprint density at radius 1 is 0.672 bits per heavy atom. The molecule has 58 heavy (non-hydrogen) atoms. The zero-order valence-corrected chi connectivity index (χ0v) is 32.3. The second-order valence-corrected chi connectivity index (χ2v) is 16.0. The molecule has 4 atom stereocenters. The highest BCUT2D eigenvalue weighted by Crippen LogP contribution is 2.37. The van der Waals surface area contributed by atoms with E-state index < -0.39 is 18.4 Å². The van der Waals surface area contributed by atoms with Crippen LogP contribution in [0.15, 0.2) is 73.1 Å². The van der Waals surface area contributed by atoms with Gasteiger partial charge in [0.15, 0.2) is 0 Å². The SMILES string of the molecule is O=C(N[C@H](C(=O)N1CCC[C@H]1c1ncc(C#CC2COC(c3cnc([C@@H]4CCCN4C(=O)[C@@H](NC(=O)C4CC4)c4ccccc4)[nH]3)OC2)[nH]1)c1ccccc1)C1CC1. The standard InChI is InChI=1S/C44H48N8O6/c53-40(30-16-17-30)49-36(28-9-3-1-4-10-28)42(55)51-21-7-13-34(51)38-45-23-32(47-38)20-15-27-25-57-44(58-26-27)33-24-46-39(48-33)35-14-8-22-52(35)43(56)37(29-11-5-2-6-12-29)50-41(54)31-18-19-31/h1-6,9-12,23-24,27,30-31,34-37,44H,7-8,13-14,16-19,21-22,25-26H2,(H,45,47)(H,46,48)(H,49,53)(H,50,54)/t27?,34-,35-,36-,37-,44?/m0/s1. The van der Waals surface area contributed by atoms with E-state index in [0.29, 0.717) is 49.3 Å². The van der Waals surface area contributed by atoms with Crippen molar-refractivity contribution >= 4 is 23.6 Å². The minimum absolute atomic E-state index is 0.0107. The van der Waals surface area contributed by atoms with Crippen LogP contribution in [0.4, 0.5) is 0 Å². The quantitative estimate of drug-likeness (QED) is 0.158. The number of aromatic amines is 2. The molecule has 9 rings (SSSR count). The Morgan fingerprint density at radius 3 is 1.69 bits per heavy atom. The normalized spacial score (nSPS) is 24.1. The summed E-state index contributed by atoms with van der Waals surface area (Å²) in [7, 11) is 0. The minimum Gasteiger partial charge on any atom is -0.346 e. The van der Waals surface area contributed by atoms with Crippen LogP contribution in [0.2, 0.25) is 0 Å². The van der Waals surface area contributed by atoms with Gasteiger partial charge in [-0.2, -0.15) is 0 Å². The lowest BCUT2D eigenvalue weighted by molar-refractivity contribution is -0.198. The van der Waals surface area contributed by atoms with Crippen molar-refractivity contribution in [2.45, 2.75) is 81.8 Å². The van der Waals surface area contributed by atoms with Crippen molar-refractivity contribution in [1.29, 1.82) is 0 Å². The number of benzene rings is 2. The molecule has 2 aromatic heterocycles. The molecule has 0 unspecified atom stereocenters. The van der Waals surface area contributed by atoms with E-state index in [-0.39, 0.29) is 53.5 Å². The van der Waals surface area contributed by atoms with Gasteiger partial charge in [-0.1, -0.05) is 66.6 Å². The molecule has 5 aliphatic rings. The highest BCUT2D eigenvalue weighted by Gasteiger charge is 2.41. The van der Waals surface area contributed by atoms with Gasteiger partial charge in [-0.15, -0.1) is 0 Å². The molecule has 5 heterocycles. The number of hydrogen-bond donors (Lipinski definition) is 4. The number of H-pyrrole nitrogens is 2. The predicted molar refractivity (Wildman–Crippen MR) is 210 cm³/mol. The monoisotopic (exact) mass is 784 g/mol. The summed E-state index contributed by atoms with van der Waals surface area (Å²) in [6, 6.07) is 16.8. The molecule has 4 aromatic rings. The van der Waals surface area contributed by atoms with Gasteiger partial charge in [0.25, 0.3) is 0 Å². The number of nitrogens with zero attached hydrogens (tertiary/aromatic N) is 4. The topological polar surface area (TPSA) is 175 Å². The van der Waals surface area contributed by atoms with Gasteiger partial charge in [0, 0.05) is 24.9 Å². The van der Waals surface area contributed by atoms with Gasteiger partial charge in [0.05, 0.1) is 49.3 Å². The van der Waals surface area contributed by atoms with Gasteiger partial charge in [-0.05, 0) is 68.4 Å². The number of carbonyl (C=O) groups is 4. The fraction of sp³-hybridized carbons (Fsp3) is 0.455. The molecule has 5 fully saturated rings. The minimum atomic E-state index is -0.757. The lowest BCUT2D eigenvalue weighted by Crippen LogP contribution is -2.43. The van der Waals surface area contributed by atoms with E-state index >= 15 is 0 Å². The van der Waals surface area contributed by atoms with E-state index in [0.717, 1.165) is 62.5 Å². The molecule has 0 radical (unpaired) electrons. The molecule has 14 nitrogen and oxygen atoms in total. The van der Waals surface area contributed by atoms with Crippen LogP contribution in [-0.2, 0) is 28.7 Å². The van der Waals surface area contributed by atoms with E-state index in [1.54, 1.807) is 12.4 Å². The van der Waals surface area contributed by atoms with Gasteiger partial charge in [-0.25, -0.2) is 9.97 Å². The van der Waals surface area contributed by atoms with Gasteiger partial charge in [-0.3, -0.25) is 19.2 Å². The lowest BCUT2D eigenvalue weighted by Gasteiger charge is -2.29. The first-order chi connectivity index (χ1) is 28.4. The summed E-state index contributed by atoms with van der Waals surface area (Å²) in [6.07, 6.45) is 9.33. The van der Waals surface area contributed by atoms with Crippen molar-refractivity contribution in [2.24, 2.45) is 17.8 Å². The van der Waals surface area contributed by atoms with E-state index in [1.165, 1.54) is 0 Å². The molecule has 3 aliphatic heterocycles. The summed E-state index contributed by atoms with van der Waals surface area (Å²) >= 11 is 0. The van der Waals surface area contributed by atoms with Crippen molar-refractivity contribution in [2.75, 3.05) is 26.3 Å². The first-order valence-corrected chi connectivity index (χ1v) is 20.6. The maximum atomic E-state index is 14.0. The molecule has 14 heteroatoms. The van der Waals surface area contributed by atoms with Crippen molar-refractivity contribution in [3.8, 4) is 11.8 Å². The molecule has 0 spiro atoms. The number of aromatic nitrogens is 4. The van der Waals surface area contributed by atoms with Crippen molar-refractivity contribution in [1.82, 2.24) is 40.4 Å². The van der Waals surface area contributed by atoms with Gasteiger partial charge < -0.3 is 39.9 Å². The Hall–Kier alpha value is -5.78. The third-order valence-corrected chi connectivity index (χ3v) is 11.7. The highest BCUT2D eigenvalue weighted by molar-refractivity contribution is 5.91. The summed E-state index contributed by atoms with van der Waals surface area (Å²) in [5, 5.41) is 6.04. The molecule has 2 aliphatic carbocycles. The molecule has 0 bridgehead atoms. The van der Waals surface area contributed by atoms with Crippen LogP contribution in [0.5, 0.6) is 0 Å². The highest BCUT2D eigenvalue weighted by atomic mass is 16.7. The number of ether oxygens (including phenoxy) is 2. The third kappa shape index (κ3) is 8.28. The average molecular weight is 785 g/mol. The number of likely N-dealkylation sites (tertiary alicyclic amines) is 2. The van der Waals surface area contributed by atoms with Crippen LogP contribution < -0.4 is 10.6 Å². The molecule has 3 saturated heterocycles. The van der Waals surface area contributed by atoms with Crippen LogP contribution in [-0.4, -0.2) is 79.7 Å². The molecular formula is C44H48N8O6. The fourth-order valence-electron chi connectivity index (χ4n) is 8.19. The Bertz CT molecular complexity index is 2180. The zero-order valence-electron chi connectivity index (χ0n) is 32.3. The van der Waals surface area contributed by atoms with Crippen LogP contribution in [0.3, 0.4) is 0 Å². The molecule has 2 saturated carbocycles. The van der Waals surface area contributed by atoms with E-state index in [9.17, 15) is 19.2 Å². The Balaban J connectivity index is 0.806. The summed E-state index contributed by atoms with van der Waals surface area (Å²) in [4.78, 5) is 73.2. The maximum Gasteiger partial charge on any atom is 0.250 e. The number of hydrogen-bond acceptors (Lipinski definition) is 8. The van der Waals surface area contributed by atoms with Crippen LogP contribution >= 0.6 is 0 Å². The predicted octanol–water partition coefficient (Wildman–Crippen LogP) is 4.71. The van der Waals surface area contributed by atoms with Gasteiger partial charge in [0.1, 0.15) is 29.4 Å². The molecule has 300 valence electrons. The summed E-state index contributed by atoms with van der Waals surface area (Å²) < 4.78 is 12.2. The first kappa shape index (κ1) is 37.8. The largest absolute Gasteiger partial charge is 0.346 e. The number of nitrogens with one attached hydrogen (secondary N) is 4. The second-order valence-electron chi connectivity index (χ2n) is 16.0. The van der Waals surface area contributed by atoms with Crippen molar-refractivity contribution in [3.05, 3.63) is 107 Å². The van der Waals surface area contributed by atoms with E-state index in [4.69, 9.17) is 9.47 Å². The number of imidazole rings is 2. The number of amides is 4. The molecule has 4 N–H and O–H groups in total. The van der Waals surface area contributed by atoms with Gasteiger partial charge >= 0.3 is 0 Å². The van der Waals surface area contributed by atoms with Crippen LogP contribution in [0.25, 0.3) is 0 Å². The first-order valence-electron chi connectivity index (χ1n) is 20.6. The van der Waals surface area contributed by atoms with Crippen LogP contribution in [0, 0.1) is 29.6 Å². The van der Waals surface area contributed by atoms with E-state index in [1.807, 2.05) is 70.5 Å². The average Bonchev–Trinajstić information content (AvgIpc) is 4.03. The molecular weight excluding hydrogens is 737 g/mol. The van der Waals surface area contributed by atoms with Crippen LogP contribution in [0.1, 0.15) is 116 Å². The zero-order chi connectivity index (χ0) is 39.6. The summed E-state index contributed by atoms with van der Waals surface area (Å²) in [5.41, 5.74) is 2.83. The summed E-state index contributed by atoms with van der Waals surface area (Å²) in [6.45, 7) is 1.84. The Morgan fingerprint density at radius 2 is 1.17 bits per heavy atom. The second kappa shape index (κ2) is 16.6. The van der Waals surface area contributed by atoms with Crippen molar-refractivity contribution < 1.29 is 28.7 Å². The van der Waals surface area contributed by atoms with Gasteiger partial charge in [0.2, 0.25) is 29.9 Å². The Kier molecular flexibility index (Phi) is 10.8. The Labute approximate surface area is 336 Å². The van der Waals surface area contributed by atoms with Crippen molar-refractivity contribution in [3.63, 3.8) is 0 Å². The molecule has 2 aromatic carbocycles. The molecule has 4 amide bonds. The third-order valence-electron chi connectivity index (χ3n) is 11.7. The number of rotatable bonds is 11. The number of carbonyl (C=O) groups excluding carboxylic acids is 4. The fourth-order valence-corrected chi connectivity index (χ4v) is 8.19. The summed E-state index contributed by atoms with van der Waals surface area (Å²) in [5.74, 6) is 7.12.